The second kappa shape index (κ2) is 6.51. The van der Waals surface area contributed by atoms with Crippen LogP contribution < -0.4 is 0 Å². The Labute approximate surface area is 104 Å². The summed E-state index contributed by atoms with van der Waals surface area (Å²) in [6.07, 6.45) is 5.99. The summed E-state index contributed by atoms with van der Waals surface area (Å²) in [6, 6.07) is 0. The molecule has 0 saturated carbocycles. The molecular formula is C10H16N2O2S2. The van der Waals surface area contributed by atoms with Crippen LogP contribution in [-0.4, -0.2) is 34.9 Å². The van der Waals surface area contributed by atoms with Crippen LogP contribution in [0.1, 0.15) is 25.2 Å². The first-order valence-corrected chi connectivity index (χ1v) is 7.82. The van der Waals surface area contributed by atoms with E-state index in [0.29, 0.717) is 17.2 Å². The Morgan fingerprint density at radius 1 is 1.38 bits per heavy atom. The van der Waals surface area contributed by atoms with Crippen molar-refractivity contribution in [2.45, 2.75) is 36.3 Å². The fourth-order valence-electron chi connectivity index (χ4n) is 1.58. The summed E-state index contributed by atoms with van der Waals surface area (Å²) >= 11 is 3.28. The lowest BCUT2D eigenvalue weighted by Crippen LogP contribution is -2.21. The Hall–Kier alpha value is -0.200. The molecule has 0 aromatic carbocycles. The van der Waals surface area contributed by atoms with Crippen LogP contribution in [0, 0.1) is 0 Å². The zero-order valence-corrected chi connectivity index (χ0v) is 11.0. The molecule has 0 aliphatic carbocycles. The van der Waals surface area contributed by atoms with Crippen LogP contribution in [-0.2, 0) is 10.5 Å². The van der Waals surface area contributed by atoms with E-state index in [2.05, 4.69) is 10.2 Å². The van der Waals surface area contributed by atoms with Gasteiger partial charge in [-0.1, -0.05) is 11.8 Å². The van der Waals surface area contributed by atoms with Crippen LogP contribution in [0.25, 0.3) is 0 Å². The van der Waals surface area contributed by atoms with E-state index in [1.807, 2.05) is 6.26 Å². The molecule has 1 aromatic heterocycles. The van der Waals surface area contributed by atoms with Crippen LogP contribution in [0.4, 0.5) is 0 Å². The van der Waals surface area contributed by atoms with Crippen LogP contribution in [0.3, 0.4) is 0 Å². The molecule has 16 heavy (non-hydrogen) atoms. The summed E-state index contributed by atoms with van der Waals surface area (Å²) in [5.74, 6) is 2.41. The average Bonchev–Trinajstić information content (AvgIpc) is 2.76. The van der Waals surface area contributed by atoms with Crippen molar-refractivity contribution in [3.05, 3.63) is 5.89 Å². The molecule has 1 atom stereocenters. The molecule has 0 N–H and O–H groups in total. The molecule has 1 aromatic rings. The maximum Gasteiger partial charge on any atom is 0.276 e. The summed E-state index contributed by atoms with van der Waals surface area (Å²) in [6.45, 7) is 0.896. The Balaban J connectivity index is 1.75. The van der Waals surface area contributed by atoms with Crippen molar-refractivity contribution in [1.82, 2.24) is 10.2 Å². The molecule has 0 spiro atoms. The fraction of sp³-hybridized carbons (Fsp3) is 0.800. The zero-order valence-electron chi connectivity index (χ0n) is 9.35. The van der Waals surface area contributed by atoms with Crippen molar-refractivity contribution in [2.24, 2.45) is 0 Å². The first-order chi connectivity index (χ1) is 7.88. The van der Waals surface area contributed by atoms with Crippen molar-refractivity contribution < 1.29 is 9.15 Å². The van der Waals surface area contributed by atoms with Gasteiger partial charge in [-0.05, 0) is 25.5 Å². The Morgan fingerprint density at radius 2 is 2.31 bits per heavy atom. The van der Waals surface area contributed by atoms with E-state index >= 15 is 0 Å². The van der Waals surface area contributed by atoms with Gasteiger partial charge >= 0.3 is 0 Å². The fourth-order valence-corrected chi connectivity index (χ4v) is 2.79. The van der Waals surface area contributed by atoms with Crippen LogP contribution >= 0.6 is 23.5 Å². The summed E-state index contributed by atoms with van der Waals surface area (Å²) in [5, 5.41) is 8.63. The van der Waals surface area contributed by atoms with E-state index in [-0.39, 0.29) is 0 Å². The third-order valence-corrected chi connectivity index (χ3v) is 3.87. The van der Waals surface area contributed by atoms with Crippen molar-refractivity contribution in [2.75, 3.05) is 18.6 Å². The predicted molar refractivity (Wildman–Crippen MR) is 65.8 cm³/mol. The molecule has 1 aliphatic heterocycles. The molecule has 4 nitrogen and oxygen atoms in total. The van der Waals surface area contributed by atoms with E-state index in [9.17, 15) is 0 Å². The van der Waals surface area contributed by atoms with Crippen molar-refractivity contribution in [1.29, 1.82) is 0 Å². The highest BCUT2D eigenvalue weighted by atomic mass is 32.2. The number of ether oxygens (including phenoxy) is 1. The van der Waals surface area contributed by atoms with Gasteiger partial charge < -0.3 is 9.15 Å². The third kappa shape index (κ3) is 3.68. The largest absolute Gasteiger partial charge is 0.415 e. The number of aromatic nitrogens is 2. The molecule has 2 rings (SSSR count). The van der Waals surface area contributed by atoms with Crippen molar-refractivity contribution in [3.8, 4) is 0 Å². The highest BCUT2D eigenvalue weighted by Gasteiger charge is 2.15. The number of rotatable bonds is 5. The first kappa shape index (κ1) is 12.3. The third-order valence-electron chi connectivity index (χ3n) is 2.38. The smallest absolute Gasteiger partial charge is 0.276 e. The molecule has 1 fully saturated rings. The van der Waals surface area contributed by atoms with Gasteiger partial charge in [0.05, 0.1) is 11.9 Å². The van der Waals surface area contributed by atoms with Gasteiger partial charge in [-0.3, -0.25) is 0 Å². The van der Waals surface area contributed by atoms with Gasteiger partial charge in [-0.2, -0.15) is 11.8 Å². The highest BCUT2D eigenvalue weighted by Crippen LogP contribution is 2.23. The monoisotopic (exact) mass is 260 g/mol. The van der Waals surface area contributed by atoms with E-state index in [0.717, 1.165) is 24.5 Å². The minimum Gasteiger partial charge on any atom is -0.415 e. The van der Waals surface area contributed by atoms with Gasteiger partial charge in [0.2, 0.25) is 5.89 Å². The minimum absolute atomic E-state index is 0.356. The number of hydrogen-bond donors (Lipinski definition) is 0. The highest BCUT2D eigenvalue weighted by molar-refractivity contribution is 7.99. The molecule has 1 aliphatic rings. The zero-order chi connectivity index (χ0) is 11.2. The van der Waals surface area contributed by atoms with Gasteiger partial charge in [0.1, 0.15) is 0 Å². The van der Waals surface area contributed by atoms with Crippen LogP contribution in [0.5, 0.6) is 0 Å². The van der Waals surface area contributed by atoms with Gasteiger partial charge in [0.25, 0.3) is 5.22 Å². The average molecular weight is 260 g/mol. The quantitative estimate of drug-likeness (QED) is 0.758. The number of thioether (sulfide) groups is 2. The Bertz CT molecular complexity index is 314. The number of hydrogen-bond acceptors (Lipinski definition) is 6. The molecule has 0 amide bonds. The molecule has 0 radical (unpaired) electrons. The predicted octanol–water partition coefficient (Wildman–Crippen LogP) is 2.59. The first-order valence-electron chi connectivity index (χ1n) is 5.44. The van der Waals surface area contributed by atoms with E-state index in [1.54, 1.807) is 23.5 Å². The Kier molecular flexibility index (Phi) is 4.99. The minimum atomic E-state index is 0.356. The lowest BCUT2D eigenvalue weighted by atomic mass is 10.1. The molecular weight excluding hydrogens is 244 g/mol. The second-order valence-corrected chi connectivity index (χ2v) is 5.53. The molecule has 2 heterocycles. The lowest BCUT2D eigenvalue weighted by molar-refractivity contribution is 0.0314. The van der Waals surface area contributed by atoms with E-state index in [1.165, 1.54) is 12.8 Å². The standard InChI is InChI=1S/C10H16N2O2S2/c1-15-7-9-11-12-10(14-9)16-6-8-4-2-3-5-13-8/h8H,2-7H2,1H3/t8-/m1/s1. The van der Waals surface area contributed by atoms with Gasteiger partial charge in [-0.25, -0.2) is 0 Å². The molecule has 6 heteroatoms. The molecule has 1 saturated heterocycles. The van der Waals surface area contributed by atoms with Gasteiger partial charge in [-0.15, -0.1) is 10.2 Å². The summed E-state index contributed by atoms with van der Waals surface area (Å²) < 4.78 is 11.1. The Morgan fingerprint density at radius 3 is 3.06 bits per heavy atom. The second-order valence-electron chi connectivity index (χ2n) is 3.69. The van der Waals surface area contributed by atoms with E-state index < -0.39 is 0 Å². The molecule has 90 valence electrons. The van der Waals surface area contributed by atoms with Gasteiger partial charge in [0, 0.05) is 12.4 Å². The number of nitrogens with zero attached hydrogens (tertiary/aromatic N) is 2. The summed E-state index contributed by atoms with van der Waals surface area (Å²) in [4.78, 5) is 0. The molecule has 0 bridgehead atoms. The maximum atomic E-state index is 5.64. The van der Waals surface area contributed by atoms with E-state index in [4.69, 9.17) is 9.15 Å². The van der Waals surface area contributed by atoms with Crippen molar-refractivity contribution >= 4 is 23.5 Å². The van der Waals surface area contributed by atoms with Crippen LogP contribution in [0.15, 0.2) is 9.64 Å². The maximum absolute atomic E-state index is 5.64. The molecule has 0 unspecified atom stereocenters. The topological polar surface area (TPSA) is 48.2 Å². The van der Waals surface area contributed by atoms with Gasteiger partial charge in [0.15, 0.2) is 0 Å². The van der Waals surface area contributed by atoms with Crippen molar-refractivity contribution in [3.63, 3.8) is 0 Å². The normalized spacial score (nSPS) is 21.2. The SMILES string of the molecule is CSCc1nnc(SC[C@H]2CCCCO2)o1. The van der Waals surface area contributed by atoms with Crippen LogP contribution in [0.2, 0.25) is 0 Å². The lowest BCUT2D eigenvalue weighted by Gasteiger charge is -2.21. The summed E-state index contributed by atoms with van der Waals surface area (Å²) in [5.41, 5.74) is 0. The summed E-state index contributed by atoms with van der Waals surface area (Å²) in [7, 11) is 0.